The zero-order valence-electron chi connectivity index (χ0n) is 9.09. The molecule has 0 spiro atoms. The Morgan fingerprint density at radius 2 is 2.69 bits per heavy atom. The number of hydrogen-bond donors (Lipinski definition) is 0. The summed E-state index contributed by atoms with van der Waals surface area (Å²) in [4.78, 5) is 18.8. The predicted octanol–water partition coefficient (Wildman–Crippen LogP) is 0.517. The number of ether oxygens (including phenoxy) is 2. The van der Waals surface area contributed by atoms with Gasteiger partial charge in [-0.1, -0.05) is 0 Å². The molecule has 0 radical (unpaired) electrons. The average Bonchev–Trinajstić information content (AvgIpc) is 2.82. The predicted molar refractivity (Wildman–Crippen MR) is 59.1 cm³/mol. The number of rotatable bonds is 3. The molecule has 2 heterocycles. The van der Waals surface area contributed by atoms with Gasteiger partial charge in [-0.25, -0.2) is 0 Å². The molecule has 2 rings (SSSR count). The molecule has 1 aliphatic rings. The summed E-state index contributed by atoms with van der Waals surface area (Å²) in [6.07, 6.45) is 1.83. The highest BCUT2D eigenvalue weighted by molar-refractivity contribution is 7.09. The van der Waals surface area contributed by atoms with Gasteiger partial charge in [0.05, 0.1) is 25.8 Å². The monoisotopic (exact) mass is 242 g/mol. The van der Waals surface area contributed by atoms with E-state index in [-0.39, 0.29) is 12.0 Å². The van der Waals surface area contributed by atoms with E-state index in [1.807, 2.05) is 6.20 Å². The van der Waals surface area contributed by atoms with Crippen LogP contribution in [0.15, 0.2) is 11.7 Å². The minimum atomic E-state index is -0.291. The Kier molecular flexibility index (Phi) is 3.87. The van der Waals surface area contributed by atoms with E-state index in [2.05, 4.69) is 9.88 Å². The molecule has 1 fully saturated rings. The Morgan fingerprint density at radius 3 is 3.38 bits per heavy atom. The molecule has 6 heteroatoms. The second kappa shape index (κ2) is 5.38. The third-order valence-corrected chi connectivity index (χ3v) is 3.32. The molecule has 1 aromatic heterocycles. The first-order valence-electron chi connectivity index (χ1n) is 5.08. The van der Waals surface area contributed by atoms with Crippen LogP contribution in [0, 0.1) is 0 Å². The number of esters is 1. The molecule has 0 aliphatic carbocycles. The van der Waals surface area contributed by atoms with Crippen LogP contribution in [0.2, 0.25) is 0 Å². The molecule has 0 bridgehead atoms. The van der Waals surface area contributed by atoms with Gasteiger partial charge in [0.1, 0.15) is 6.04 Å². The van der Waals surface area contributed by atoms with Crippen LogP contribution < -0.4 is 0 Å². The van der Waals surface area contributed by atoms with Gasteiger partial charge in [-0.15, -0.1) is 11.3 Å². The van der Waals surface area contributed by atoms with Gasteiger partial charge in [0, 0.05) is 24.2 Å². The maximum Gasteiger partial charge on any atom is 0.325 e. The fourth-order valence-corrected chi connectivity index (χ4v) is 2.32. The van der Waals surface area contributed by atoms with Crippen molar-refractivity contribution in [3.63, 3.8) is 0 Å². The molecule has 1 saturated heterocycles. The summed E-state index contributed by atoms with van der Waals surface area (Å²) >= 11 is 1.59. The fourth-order valence-electron chi connectivity index (χ4n) is 1.70. The summed E-state index contributed by atoms with van der Waals surface area (Å²) < 4.78 is 10.1. The Balaban J connectivity index is 2.02. The van der Waals surface area contributed by atoms with Gasteiger partial charge in [-0.3, -0.25) is 14.7 Å². The van der Waals surface area contributed by atoms with Crippen LogP contribution in [-0.2, 0) is 20.8 Å². The number of carbonyl (C=O) groups is 1. The Labute approximate surface area is 98.0 Å². The normalized spacial score (nSPS) is 21.9. The van der Waals surface area contributed by atoms with Crippen LogP contribution in [0.5, 0.6) is 0 Å². The zero-order chi connectivity index (χ0) is 11.4. The molecular formula is C10H14N2O3S. The van der Waals surface area contributed by atoms with Crippen LogP contribution in [0.1, 0.15) is 4.88 Å². The summed E-state index contributed by atoms with van der Waals surface area (Å²) in [5, 5.41) is 0. The molecule has 16 heavy (non-hydrogen) atoms. The third-order valence-electron chi connectivity index (χ3n) is 2.55. The summed E-state index contributed by atoms with van der Waals surface area (Å²) in [6, 6.07) is -0.291. The maximum atomic E-state index is 11.5. The molecular weight excluding hydrogens is 228 g/mol. The molecule has 0 amide bonds. The molecule has 1 unspecified atom stereocenters. The van der Waals surface area contributed by atoms with E-state index < -0.39 is 0 Å². The van der Waals surface area contributed by atoms with E-state index in [0.717, 1.165) is 18.0 Å². The van der Waals surface area contributed by atoms with Crippen molar-refractivity contribution in [2.45, 2.75) is 12.6 Å². The lowest BCUT2D eigenvalue weighted by Gasteiger charge is -2.32. The number of methoxy groups -OCH3 is 1. The minimum absolute atomic E-state index is 0.232. The molecule has 1 aliphatic heterocycles. The Hall–Kier alpha value is -0.980. The molecule has 0 aromatic carbocycles. The summed E-state index contributed by atoms with van der Waals surface area (Å²) in [5.41, 5.74) is 1.79. The van der Waals surface area contributed by atoms with Crippen LogP contribution in [-0.4, -0.2) is 48.8 Å². The number of thiazole rings is 1. The van der Waals surface area contributed by atoms with Gasteiger partial charge >= 0.3 is 5.97 Å². The lowest BCUT2D eigenvalue weighted by atomic mass is 10.2. The van der Waals surface area contributed by atoms with Crippen LogP contribution in [0.4, 0.5) is 0 Å². The van der Waals surface area contributed by atoms with Crippen molar-refractivity contribution < 1.29 is 14.3 Å². The van der Waals surface area contributed by atoms with Gasteiger partial charge in [0.15, 0.2) is 0 Å². The molecule has 1 atom stereocenters. The minimum Gasteiger partial charge on any atom is -0.468 e. The van der Waals surface area contributed by atoms with Crippen molar-refractivity contribution in [2.75, 3.05) is 26.9 Å². The highest BCUT2D eigenvalue weighted by Gasteiger charge is 2.30. The second-order valence-electron chi connectivity index (χ2n) is 3.55. The van der Waals surface area contributed by atoms with E-state index in [1.165, 1.54) is 7.11 Å². The fraction of sp³-hybridized carbons (Fsp3) is 0.600. The van der Waals surface area contributed by atoms with Crippen LogP contribution in [0.3, 0.4) is 0 Å². The number of aromatic nitrogens is 1. The van der Waals surface area contributed by atoms with E-state index in [1.54, 1.807) is 16.8 Å². The van der Waals surface area contributed by atoms with Gasteiger partial charge < -0.3 is 9.47 Å². The number of hydrogen-bond acceptors (Lipinski definition) is 6. The summed E-state index contributed by atoms with van der Waals surface area (Å²) in [7, 11) is 1.40. The maximum absolute atomic E-state index is 11.5. The highest BCUT2D eigenvalue weighted by atomic mass is 32.1. The SMILES string of the molecule is COC(=O)C1COCCN1Cc1cncs1. The first-order chi connectivity index (χ1) is 7.81. The van der Waals surface area contributed by atoms with Gasteiger partial charge in [0.25, 0.3) is 0 Å². The summed E-state index contributed by atoms with van der Waals surface area (Å²) in [6.45, 7) is 2.54. The van der Waals surface area contributed by atoms with Crippen molar-refractivity contribution in [2.24, 2.45) is 0 Å². The topological polar surface area (TPSA) is 51.7 Å². The van der Waals surface area contributed by atoms with Crippen molar-refractivity contribution in [3.8, 4) is 0 Å². The van der Waals surface area contributed by atoms with E-state index in [4.69, 9.17) is 9.47 Å². The van der Waals surface area contributed by atoms with E-state index in [0.29, 0.717) is 13.2 Å². The zero-order valence-corrected chi connectivity index (χ0v) is 9.90. The van der Waals surface area contributed by atoms with Crippen LogP contribution in [0.25, 0.3) is 0 Å². The van der Waals surface area contributed by atoms with E-state index in [9.17, 15) is 4.79 Å². The highest BCUT2D eigenvalue weighted by Crippen LogP contribution is 2.15. The molecule has 0 N–H and O–H groups in total. The first-order valence-corrected chi connectivity index (χ1v) is 5.96. The van der Waals surface area contributed by atoms with Crippen molar-refractivity contribution in [1.29, 1.82) is 0 Å². The molecule has 88 valence electrons. The first kappa shape index (κ1) is 11.5. The molecule has 5 nitrogen and oxygen atoms in total. The van der Waals surface area contributed by atoms with Crippen molar-refractivity contribution in [3.05, 3.63) is 16.6 Å². The number of carbonyl (C=O) groups excluding carboxylic acids is 1. The third kappa shape index (κ3) is 2.58. The van der Waals surface area contributed by atoms with Gasteiger partial charge in [0.2, 0.25) is 0 Å². The summed E-state index contributed by atoms with van der Waals surface area (Å²) in [5.74, 6) is -0.232. The number of morpholine rings is 1. The Morgan fingerprint density at radius 1 is 1.81 bits per heavy atom. The molecule has 0 saturated carbocycles. The second-order valence-corrected chi connectivity index (χ2v) is 4.52. The van der Waals surface area contributed by atoms with Crippen molar-refractivity contribution in [1.82, 2.24) is 9.88 Å². The standard InChI is InChI=1S/C10H14N2O3S/c1-14-10(13)9-6-15-3-2-12(9)5-8-4-11-7-16-8/h4,7,9H,2-3,5-6H2,1H3. The van der Waals surface area contributed by atoms with Gasteiger partial charge in [-0.2, -0.15) is 0 Å². The lowest BCUT2D eigenvalue weighted by molar-refractivity contribution is -0.153. The average molecular weight is 242 g/mol. The van der Waals surface area contributed by atoms with Gasteiger partial charge in [-0.05, 0) is 0 Å². The largest absolute Gasteiger partial charge is 0.468 e. The van der Waals surface area contributed by atoms with Crippen molar-refractivity contribution >= 4 is 17.3 Å². The number of nitrogens with zero attached hydrogens (tertiary/aromatic N) is 2. The Bertz CT molecular complexity index is 342. The van der Waals surface area contributed by atoms with Crippen LogP contribution >= 0.6 is 11.3 Å². The van der Waals surface area contributed by atoms with E-state index >= 15 is 0 Å². The lowest BCUT2D eigenvalue weighted by Crippen LogP contribution is -2.49. The quantitative estimate of drug-likeness (QED) is 0.723. The molecule has 1 aromatic rings. The smallest absolute Gasteiger partial charge is 0.325 e.